The second-order valence-corrected chi connectivity index (χ2v) is 10.1. The fourth-order valence-corrected chi connectivity index (χ4v) is 4.14. The number of aryl methyl sites for hydroxylation is 2. The van der Waals surface area contributed by atoms with Crippen molar-refractivity contribution >= 4 is 20.2 Å². The van der Waals surface area contributed by atoms with E-state index in [9.17, 15) is 16.8 Å². The lowest BCUT2D eigenvalue weighted by molar-refractivity contribution is 0.126. The van der Waals surface area contributed by atoms with Gasteiger partial charge < -0.3 is 9.47 Å². The van der Waals surface area contributed by atoms with Crippen LogP contribution < -0.4 is 0 Å². The second kappa shape index (κ2) is 13.9. The maximum absolute atomic E-state index is 12.0. The van der Waals surface area contributed by atoms with Gasteiger partial charge in [0.2, 0.25) is 0 Å². The SMILES string of the molecule is Cc1ccc(S(=O)(=O)OCCOCC#CC#CCOCCOS(=O)(=O)c2ccc(C)cc2)cc1. The average Bonchev–Trinajstić information content (AvgIpc) is 2.80. The standard InChI is InChI=1S/C24H26O8S2/c1-21-7-11-23(12-8-21)33(25,26)31-19-17-29-15-5-3-4-6-16-30-18-20-32-34(27,28)24-13-9-22(2)10-14-24/h7-14H,15-20H2,1-2H3. The Morgan fingerprint density at radius 2 is 0.941 bits per heavy atom. The third-order valence-corrected chi connectivity index (χ3v) is 6.79. The Balaban J connectivity index is 1.54. The minimum Gasteiger partial charge on any atom is -0.366 e. The Labute approximate surface area is 201 Å². The summed E-state index contributed by atoms with van der Waals surface area (Å²) in [5, 5.41) is 0. The minimum atomic E-state index is -3.81. The molecule has 0 amide bonds. The van der Waals surface area contributed by atoms with E-state index in [1.54, 1.807) is 24.3 Å². The highest BCUT2D eigenvalue weighted by Gasteiger charge is 2.15. The summed E-state index contributed by atoms with van der Waals surface area (Å²) in [6.45, 7) is 3.72. The average molecular weight is 507 g/mol. The van der Waals surface area contributed by atoms with Crippen LogP contribution in [0.2, 0.25) is 0 Å². The molecule has 0 N–H and O–H groups in total. The maximum atomic E-state index is 12.0. The molecule has 0 heterocycles. The smallest absolute Gasteiger partial charge is 0.297 e. The van der Waals surface area contributed by atoms with E-state index in [0.29, 0.717) is 0 Å². The van der Waals surface area contributed by atoms with Crippen LogP contribution in [-0.4, -0.2) is 56.5 Å². The Hall–Kier alpha value is -2.70. The summed E-state index contributed by atoms with van der Waals surface area (Å²) in [6.07, 6.45) is 0. The van der Waals surface area contributed by atoms with Crippen molar-refractivity contribution in [1.82, 2.24) is 0 Å². The third-order valence-electron chi connectivity index (χ3n) is 4.14. The first kappa shape index (κ1) is 27.5. The van der Waals surface area contributed by atoms with E-state index in [4.69, 9.17) is 17.8 Å². The lowest BCUT2D eigenvalue weighted by Crippen LogP contribution is -2.11. The van der Waals surface area contributed by atoms with Gasteiger partial charge in [-0.15, -0.1) is 0 Å². The predicted molar refractivity (Wildman–Crippen MR) is 126 cm³/mol. The number of hydrogen-bond acceptors (Lipinski definition) is 8. The van der Waals surface area contributed by atoms with Gasteiger partial charge in [-0.05, 0) is 50.0 Å². The topological polar surface area (TPSA) is 105 Å². The number of ether oxygens (including phenoxy) is 2. The molecule has 182 valence electrons. The summed E-state index contributed by atoms with van der Waals surface area (Å²) < 4.78 is 68.2. The van der Waals surface area contributed by atoms with Crippen molar-refractivity contribution < 1.29 is 34.7 Å². The molecular weight excluding hydrogens is 480 g/mol. The van der Waals surface area contributed by atoms with E-state index in [-0.39, 0.29) is 49.4 Å². The molecule has 0 fully saturated rings. The number of rotatable bonds is 12. The molecule has 2 rings (SSSR count). The van der Waals surface area contributed by atoms with Crippen LogP contribution >= 0.6 is 0 Å². The number of benzene rings is 2. The molecule has 2 aromatic rings. The molecule has 0 radical (unpaired) electrons. The summed E-state index contributed by atoms with van der Waals surface area (Å²) in [5.41, 5.74) is 1.91. The van der Waals surface area contributed by atoms with E-state index in [2.05, 4.69) is 23.7 Å². The molecule has 0 bridgehead atoms. The molecular formula is C24H26O8S2. The molecule has 0 aliphatic carbocycles. The van der Waals surface area contributed by atoms with Crippen molar-refractivity contribution in [2.75, 3.05) is 39.6 Å². The van der Waals surface area contributed by atoms with Crippen LogP contribution in [0, 0.1) is 37.5 Å². The monoisotopic (exact) mass is 506 g/mol. The summed E-state index contributed by atoms with van der Waals surface area (Å²) in [7, 11) is -7.62. The Morgan fingerprint density at radius 3 is 1.29 bits per heavy atom. The Bertz CT molecular complexity index is 1140. The largest absolute Gasteiger partial charge is 0.366 e. The van der Waals surface area contributed by atoms with Crippen molar-refractivity contribution in [3.8, 4) is 23.7 Å². The summed E-state index contributed by atoms with van der Waals surface area (Å²) in [6, 6.07) is 12.7. The Morgan fingerprint density at radius 1 is 0.588 bits per heavy atom. The van der Waals surface area contributed by atoms with Gasteiger partial charge in [0.05, 0.1) is 36.2 Å². The zero-order valence-electron chi connectivity index (χ0n) is 18.9. The van der Waals surface area contributed by atoms with Crippen LogP contribution in [0.25, 0.3) is 0 Å². The van der Waals surface area contributed by atoms with Gasteiger partial charge in [-0.3, -0.25) is 8.37 Å². The lowest BCUT2D eigenvalue weighted by Gasteiger charge is -2.05. The van der Waals surface area contributed by atoms with Crippen LogP contribution in [0.5, 0.6) is 0 Å². The van der Waals surface area contributed by atoms with E-state index >= 15 is 0 Å². The van der Waals surface area contributed by atoms with Gasteiger partial charge in [0.15, 0.2) is 0 Å². The highest BCUT2D eigenvalue weighted by Crippen LogP contribution is 2.13. The van der Waals surface area contributed by atoms with E-state index < -0.39 is 20.2 Å². The first-order valence-corrected chi connectivity index (χ1v) is 13.1. The Kier molecular flexibility index (Phi) is 11.2. The molecule has 0 aliphatic heterocycles. The first-order valence-electron chi connectivity index (χ1n) is 10.2. The van der Waals surface area contributed by atoms with E-state index in [1.165, 1.54) is 24.3 Å². The van der Waals surface area contributed by atoms with E-state index in [0.717, 1.165) is 11.1 Å². The molecule has 2 aromatic carbocycles. The summed E-state index contributed by atoms with van der Waals surface area (Å²) in [5.74, 6) is 10.4. The van der Waals surface area contributed by atoms with Gasteiger partial charge in [0.1, 0.15) is 13.2 Å². The van der Waals surface area contributed by atoms with Crippen molar-refractivity contribution in [2.24, 2.45) is 0 Å². The van der Waals surface area contributed by atoms with Gasteiger partial charge in [0.25, 0.3) is 20.2 Å². The fraction of sp³-hybridized carbons (Fsp3) is 0.333. The quantitative estimate of drug-likeness (QED) is 0.246. The van der Waals surface area contributed by atoms with Crippen molar-refractivity contribution in [3.63, 3.8) is 0 Å². The minimum absolute atomic E-state index is 0.0573. The molecule has 0 saturated carbocycles. The van der Waals surface area contributed by atoms with Gasteiger partial charge in [-0.1, -0.05) is 47.2 Å². The van der Waals surface area contributed by atoms with Crippen molar-refractivity contribution in [2.45, 2.75) is 23.6 Å². The van der Waals surface area contributed by atoms with Crippen LogP contribution in [-0.2, 0) is 38.1 Å². The zero-order chi connectivity index (χ0) is 24.9. The molecule has 0 saturated heterocycles. The molecule has 0 atom stereocenters. The molecule has 8 nitrogen and oxygen atoms in total. The second-order valence-electron chi connectivity index (χ2n) is 6.89. The molecule has 0 spiro atoms. The molecule has 0 aliphatic rings. The number of hydrogen-bond donors (Lipinski definition) is 0. The maximum Gasteiger partial charge on any atom is 0.297 e. The van der Waals surface area contributed by atoms with Gasteiger partial charge in [-0.25, -0.2) is 0 Å². The van der Waals surface area contributed by atoms with Gasteiger partial charge in [-0.2, -0.15) is 16.8 Å². The molecule has 0 aromatic heterocycles. The van der Waals surface area contributed by atoms with Crippen LogP contribution in [0.4, 0.5) is 0 Å². The summed E-state index contributed by atoms with van der Waals surface area (Å²) in [4.78, 5) is 0.185. The molecule has 10 heteroatoms. The predicted octanol–water partition coefficient (Wildman–Crippen LogP) is 2.45. The first-order chi connectivity index (χ1) is 16.2. The highest BCUT2D eigenvalue weighted by atomic mass is 32.2. The third kappa shape index (κ3) is 10.1. The molecule has 34 heavy (non-hydrogen) atoms. The van der Waals surface area contributed by atoms with Crippen LogP contribution in [0.1, 0.15) is 11.1 Å². The summed E-state index contributed by atoms with van der Waals surface area (Å²) >= 11 is 0. The fourth-order valence-electron chi connectivity index (χ4n) is 2.36. The molecule has 0 unspecified atom stereocenters. The van der Waals surface area contributed by atoms with Crippen molar-refractivity contribution in [1.29, 1.82) is 0 Å². The van der Waals surface area contributed by atoms with Crippen LogP contribution in [0.15, 0.2) is 58.3 Å². The van der Waals surface area contributed by atoms with E-state index in [1.807, 2.05) is 13.8 Å². The van der Waals surface area contributed by atoms with Crippen LogP contribution in [0.3, 0.4) is 0 Å². The van der Waals surface area contributed by atoms with Crippen molar-refractivity contribution in [3.05, 3.63) is 59.7 Å². The van der Waals surface area contributed by atoms with Gasteiger partial charge in [0, 0.05) is 0 Å². The normalized spacial score (nSPS) is 11.2. The lowest BCUT2D eigenvalue weighted by atomic mass is 10.2. The highest BCUT2D eigenvalue weighted by molar-refractivity contribution is 7.87. The zero-order valence-corrected chi connectivity index (χ0v) is 20.6. The van der Waals surface area contributed by atoms with Gasteiger partial charge >= 0.3 is 0 Å².